The lowest BCUT2D eigenvalue weighted by Gasteiger charge is -2.28. The molecule has 0 atom stereocenters. The van der Waals surface area contributed by atoms with Crippen LogP contribution in [-0.4, -0.2) is 57.4 Å². The largest absolute Gasteiger partial charge is 0.376 e. The van der Waals surface area contributed by atoms with Crippen LogP contribution in [0.4, 0.5) is 0 Å². The number of hydrogen-bond acceptors (Lipinski definition) is 4. The molecule has 0 spiro atoms. The summed E-state index contributed by atoms with van der Waals surface area (Å²) in [7, 11) is 2.18. The third-order valence-electron chi connectivity index (χ3n) is 5.52. The lowest BCUT2D eigenvalue weighted by molar-refractivity contribution is -0.0224. The number of nitrogens with one attached hydrogen (secondary N) is 1. The summed E-state index contributed by atoms with van der Waals surface area (Å²) in [6.45, 7) is 6.73. The topological polar surface area (TPSA) is 33.7 Å². The first-order valence-electron chi connectivity index (χ1n) is 9.96. The summed E-state index contributed by atoms with van der Waals surface area (Å²) in [5.41, 5.74) is 2.72. The Labute approximate surface area is 152 Å². The summed E-state index contributed by atoms with van der Waals surface area (Å²) >= 11 is 0. The molecule has 140 valence electrons. The van der Waals surface area contributed by atoms with Gasteiger partial charge in [-0.05, 0) is 69.3 Å². The van der Waals surface area contributed by atoms with Gasteiger partial charge in [-0.1, -0.05) is 24.3 Å². The zero-order valence-corrected chi connectivity index (χ0v) is 15.7. The second kappa shape index (κ2) is 10.3. The summed E-state index contributed by atoms with van der Waals surface area (Å²) in [5.74, 6) is 0.847. The Hall–Kier alpha value is -0.940. The number of benzene rings is 1. The van der Waals surface area contributed by atoms with E-state index >= 15 is 0 Å². The van der Waals surface area contributed by atoms with E-state index in [-0.39, 0.29) is 0 Å². The first kappa shape index (κ1) is 18.8. The van der Waals surface area contributed by atoms with Crippen molar-refractivity contribution in [2.45, 2.75) is 44.8 Å². The van der Waals surface area contributed by atoms with Gasteiger partial charge in [0.2, 0.25) is 0 Å². The van der Waals surface area contributed by atoms with Gasteiger partial charge in [-0.15, -0.1) is 0 Å². The van der Waals surface area contributed by atoms with Gasteiger partial charge in [0.25, 0.3) is 0 Å². The Balaban J connectivity index is 1.28. The minimum Gasteiger partial charge on any atom is -0.376 e. The molecule has 1 aromatic rings. The van der Waals surface area contributed by atoms with E-state index in [0.717, 1.165) is 31.8 Å². The highest BCUT2D eigenvalue weighted by Crippen LogP contribution is 2.18. The molecule has 0 aliphatic carbocycles. The quantitative estimate of drug-likeness (QED) is 0.734. The molecule has 25 heavy (non-hydrogen) atoms. The standard InChI is InChI=1S/C21H34N2O2/c1-23-12-8-21(9-13-23)25-15-14-24-17-20-4-2-18(3-5-20)16-19-6-10-22-11-7-19/h2-5,19,21-22H,6-17H2,1H3. The number of rotatable bonds is 8. The summed E-state index contributed by atoms with van der Waals surface area (Å²) in [5, 5.41) is 3.44. The Bertz CT molecular complexity index is 477. The number of likely N-dealkylation sites (tertiary alicyclic amines) is 1. The van der Waals surface area contributed by atoms with E-state index < -0.39 is 0 Å². The molecule has 2 fully saturated rings. The smallest absolute Gasteiger partial charge is 0.0718 e. The fourth-order valence-electron chi connectivity index (χ4n) is 3.81. The van der Waals surface area contributed by atoms with Crippen molar-refractivity contribution in [1.29, 1.82) is 0 Å². The van der Waals surface area contributed by atoms with Gasteiger partial charge in [0.1, 0.15) is 0 Å². The molecule has 0 radical (unpaired) electrons. The third kappa shape index (κ3) is 6.70. The van der Waals surface area contributed by atoms with Crippen LogP contribution < -0.4 is 5.32 Å². The van der Waals surface area contributed by atoms with Crippen LogP contribution in [0.25, 0.3) is 0 Å². The van der Waals surface area contributed by atoms with Crippen molar-refractivity contribution in [2.24, 2.45) is 5.92 Å². The van der Waals surface area contributed by atoms with E-state index in [9.17, 15) is 0 Å². The number of nitrogens with zero attached hydrogens (tertiary/aromatic N) is 1. The fraction of sp³-hybridized carbons (Fsp3) is 0.714. The first-order chi connectivity index (χ1) is 12.3. The van der Waals surface area contributed by atoms with Crippen LogP contribution in [0.5, 0.6) is 0 Å². The molecule has 0 bridgehead atoms. The van der Waals surface area contributed by atoms with Crippen LogP contribution in [0.1, 0.15) is 36.8 Å². The summed E-state index contributed by atoms with van der Waals surface area (Å²) in [6.07, 6.45) is 6.55. The molecule has 4 nitrogen and oxygen atoms in total. The SMILES string of the molecule is CN1CCC(OCCOCc2ccc(CC3CCNCC3)cc2)CC1. The second-order valence-electron chi connectivity index (χ2n) is 7.64. The molecule has 2 aliphatic rings. The molecule has 2 aliphatic heterocycles. The second-order valence-corrected chi connectivity index (χ2v) is 7.64. The van der Waals surface area contributed by atoms with E-state index in [0.29, 0.717) is 25.9 Å². The Morgan fingerprint density at radius 2 is 1.64 bits per heavy atom. The van der Waals surface area contributed by atoms with Crippen molar-refractivity contribution in [2.75, 3.05) is 46.4 Å². The number of piperidine rings is 2. The molecule has 1 aromatic carbocycles. The van der Waals surface area contributed by atoms with Crippen molar-refractivity contribution in [3.63, 3.8) is 0 Å². The molecule has 3 rings (SSSR count). The zero-order chi connectivity index (χ0) is 17.3. The molecule has 1 N–H and O–H groups in total. The lowest BCUT2D eigenvalue weighted by atomic mass is 9.91. The maximum absolute atomic E-state index is 5.92. The predicted octanol–water partition coefficient (Wildman–Crippen LogP) is 2.86. The van der Waals surface area contributed by atoms with Crippen LogP contribution in [0, 0.1) is 5.92 Å². The molecule has 2 heterocycles. The van der Waals surface area contributed by atoms with Crippen molar-refractivity contribution in [3.05, 3.63) is 35.4 Å². The van der Waals surface area contributed by atoms with Gasteiger partial charge in [-0.2, -0.15) is 0 Å². The monoisotopic (exact) mass is 346 g/mol. The molecule has 0 aromatic heterocycles. The Morgan fingerprint density at radius 3 is 2.36 bits per heavy atom. The third-order valence-corrected chi connectivity index (χ3v) is 5.52. The fourth-order valence-corrected chi connectivity index (χ4v) is 3.81. The molecular weight excluding hydrogens is 312 g/mol. The highest BCUT2D eigenvalue weighted by molar-refractivity contribution is 5.22. The normalized spacial score (nSPS) is 20.8. The lowest BCUT2D eigenvalue weighted by Crippen LogP contribution is -2.34. The molecule has 4 heteroatoms. The van der Waals surface area contributed by atoms with E-state index in [1.165, 1.54) is 43.5 Å². The number of hydrogen-bond donors (Lipinski definition) is 1. The minimum atomic E-state index is 0.425. The van der Waals surface area contributed by atoms with Gasteiger partial charge in [-0.25, -0.2) is 0 Å². The average Bonchev–Trinajstić information content (AvgIpc) is 2.65. The summed E-state index contributed by atoms with van der Waals surface area (Å²) < 4.78 is 11.7. The maximum Gasteiger partial charge on any atom is 0.0718 e. The molecular formula is C21H34N2O2. The van der Waals surface area contributed by atoms with Crippen LogP contribution in [-0.2, 0) is 22.5 Å². The van der Waals surface area contributed by atoms with Crippen molar-refractivity contribution >= 4 is 0 Å². The van der Waals surface area contributed by atoms with Gasteiger partial charge >= 0.3 is 0 Å². The van der Waals surface area contributed by atoms with Crippen molar-refractivity contribution in [3.8, 4) is 0 Å². The Morgan fingerprint density at radius 1 is 0.960 bits per heavy atom. The van der Waals surface area contributed by atoms with Gasteiger partial charge < -0.3 is 19.7 Å². The van der Waals surface area contributed by atoms with Gasteiger partial charge in [-0.3, -0.25) is 0 Å². The van der Waals surface area contributed by atoms with E-state index in [2.05, 4.69) is 41.5 Å². The maximum atomic E-state index is 5.92. The van der Waals surface area contributed by atoms with Gasteiger partial charge in [0, 0.05) is 13.1 Å². The molecule has 2 saturated heterocycles. The van der Waals surface area contributed by atoms with Crippen molar-refractivity contribution in [1.82, 2.24) is 10.2 Å². The molecule has 0 amide bonds. The van der Waals surface area contributed by atoms with E-state index in [1.54, 1.807) is 0 Å². The van der Waals surface area contributed by atoms with Crippen LogP contribution in [0.15, 0.2) is 24.3 Å². The predicted molar refractivity (Wildman–Crippen MR) is 102 cm³/mol. The highest BCUT2D eigenvalue weighted by Gasteiger charge is 2.16. The van der Waals surface area contributed by atoms with Gasteiger partial charge in [0.05, 0.1) is 25.9 Å². The minimum absolute atomic E-state index is 0.425. The highest BCUT2D eigenvalue weighted by atomic mass is 16.5. The first-order valence-corrected chi connectivity index (χ1v) is 9.96. The Kier molecular flexibility index (Phi) is 7.74. The van der Waals surface area contributed by atoms with Crippen LogP contribution in [0.2, 0.25) is 0 Å². The zero-order valence-electron chi connectivity index (χ0n) is 15.7. The van der Waals surface area contributed by atoms with Crippen LogP contribution in [0.3, 0.4) is 0 Å². The summed E-state index contributed by atoms with van der Waals surface area (Å²) in [4.78, 5) is 2.37. The summed E-state index contributed by atoms with van der Waals surface area (Å²) in [6, 6.07) is 8.98. The van der Waals surface area contributed by atoms with Gasteiger partial charge in [0.15, 0.2) is 0 Å². The van der Waals surface area contributed by atoms with Crippen LogP contribution >= 0.6 is 0 Å². The average molecular weight is 347 g/mol. The van der Waals surface area contributed by atoms with E-state index in [4.69, 9.17) is 9.47 Å². The van der Waals surface area contributed by atoms with E-state index in [1.807, 2.05) is 0 Å². The number of ether oxygens (including phenoxy) is 2. The molecule has 0 unspecified atom stereocenters. The molecule has 0 saturated carbocycles. The van der Waals surface area contributed by atoms with Crippen molar-refractivity contribution < 1.29 is 9.47 Å².